The number of thioether (sulfide) groups is 1. The van der Waals surface area contributed by atoms with Crippen molar-refractivity contribution in [2.75, 3.05) is 45.4 Å². The topological polar surface area (TPSA) is 38.5 Å². The van der Waals surface area contributed by atoms with E-state index in [9.17, 15) is 0 Å². The minimum absolute atomic E-state index is 0.583. The Hall–Kier alpha value is 0.230. The maximum atomic E-state index is 5.83. The summed E-state index contributed by atoms with van der Waals surface area (Å²) in [6, 6.07) is 0.583. The predicted molar refractivity (Wildman–Crippen MR) is 67.4 cm³/mol. The van der Waals surface area contributed by atoms with Crippen molar-refractivity contribution in [3.05, 3.63) is 0 Å². The molecule has 0 spiro atoms. The van der Waals surface area contributed by atoms with Gasteiger partial charge in [0.05, 0.1) is 6.61 Å². The van der Waals surface area contributed by atoms with Crippen LogP contribution in [0, 0.1) is 5.92 Å². The smallest absolute Gasteiger partial charge is 0.0503 e. The van der Waals surface area contributed by atoms with Gasteiger partial charge in [-0.1, -0.05) is 0 Å². The Bertz CT molecular complexity index is 169. The number of rotatable bonds is 7. The van der Waals surface area contributed by atoms with Crippen LogP contribution in [0.2, 0.25) is 0 Å². The molecule has 90 valence electrons. The zero-order chi connectivity index (χ0) is 11.1. The molecular formula is C11H24N2OS. The number of hydrogen-bond donors (Lipinski definition) is 1. The first-order chi connectivity index (χ1) is 7.31. The highest BCUT2D eigenvalue weighted by Gasteiger charge is 2.26. The first-order valence-electron chi connectivity index (χ1n) is 5.73. The second kappa shape index (κ2) is 7.49. The second-order valence-corrected chi connectivity index (χ2v) is 5.26. The number of ether oxygens (including phenoxy) is 1. The van der Waals surface area contributed by atoms with Crippen LogP contribution in [0.3, 0.4) is 0 Å². The Morgan fingerprint density at radius 2 is 2.40 bits per heavy atom. The average Bonchev–Trinajstić information content (AvgIpc) is 2.68. The van der Waals surface area contributed by atoms with Crippen LogP contribution >= 0.6 is 11.8 Å². The Labute approximate surface area is 97.7 Å². The Kier molecular flexibility index (Phi) is 6.64. The van der Waals surface area contributed by atoms with Crippen molar-refractivity contribution < 1.29 is 4.74 Å². The first-order valence-corrected chi connectivity index (χ1v) is 7.13. The molecule has 0 saturated carbocycles. The molecule has 4 heteroatoms. The van der Waals surface area contributed by atoms with Crippen molar-refractivity contribution in [3.63, 3.8) is 0 Å². The summed E-state index contributed by atoms with van der Waals surface area (Å²) in [6.45, 7) is 4.06. The lowest BCUT2D eigenvalue weighted by Crippen LogP contribution is -2.39. The third-order valence-corrected chi connectivity index (χ3v) is 3.81. The van der Waals surface area contributed by atoms with E-state index in [1.807, 2.05) is 11.8 Å². The summed E-state index contributed by atoms with van der Waals surface area (Å²) in [7, 11) is 1.79. The zero-order valence-corrected chi connectivity index (χ0v) is 10.8. The highest BCUT2D eigenvalue weighted by molar-refractivity contribution is 7.98. The molecule has 0 amide bonds. The lowest BCUT2D eigenvalue weighted by Gasteiger charge is -2.26. The Balaban J connectivity index is 2.29. The van der Waals surface area contributed by atoms with E-state index in [1.54, 1.807) is 7.11 Å². The van der Waals surface area contributed by atoms with Crippen molar-refractivity contribution in [1.82, 2.24) is 4.90 Å². The van der Waals surface area contributed by atoms with Gasteiger partial charge in [0.2, 0.25) is 0 Å². The number of likely N-dealkylation sites (tertiary alicyclic amines) is 1. The first kappa shape index (κ1) is 13.3. The van der Waals surface area contributed by atoms with Crippen LogP contribution in [0.25, 0.3) is 0 Å². The van der Waals surface area contributed by atoms with Gasteiger partial charge < -0.3 is 10.5 Å². The van der Waals surface area contributed by atoms with Crippen LogP contribution in [0.4, 0.5) is 0 Å². The summed E-state index contributed by atoms with van der Waals surface area (Å²) < 4.78 is 5.21. The third kappa shape index (κ3) is 4.31. The van der Waals surface area contributed by atoms with Crippen molar-refractivity contribution in [1.29, 1.82) is 0 Å². The Morgan fingerprint density at radius 3 is 3.00 bits per heavy atom. The minimum Gasteiger partial charge on any atom is -0.384 e. The van der Waals surface area contributed by atoms with E-state index in [1.165, 1.54) is 31.7 Å². The molecular weight excluding hydrogens is 208 g/mol. The molecule has 0 radical (unpaired) electrons. The monoisotopic (exact) mass is 232 g/mol. The molecule has 2 unspecified atom stereocenters. The van der Waals surface area contributed by atoms with Crippen LogP contribution in [-0.2, 0) is 4.74 Å². The molecule has 2 atom stereocenters. The molecule has 1 saturated heterocycles. The molecule has 0 bridgehead atoms. The fourth-order valence-electron chi connectivity index (χ4n) is 2.27. The van der Waals surface area contributed by atoms with Gasteiger partial charge in [0.15, 0.2) is 0 Å². The molecule has 1 heterocycles. The van der Waals surface area contributed by atoms with E-state index in [2.05, 4.69) is 11.2 Å². The molecule has 15 heavy (non-hydrogen) atoms. The van der Waals surface area contributed by atoms with Crippen LogP contribution in [0.1, 0.15) is 12.8 Å². The van der Waals surface area contributed by atoms with Gasteiger partial charge in [-0.2, -0.15) is 11.8 Å². The molecule has 1 aliphatic heterocycles. The van der Waals surface area contributed by atoms with Crippen molar-refractivity contribution >= 4 is 11.8 Å². The van der Waals surface area contributed by atoms with Gasteiger partial charge in [-0.3, -0.25) is 4.90 Å². The maximum absolute atomic E-state index is 5.83. The van der Waals surface area contributed by atoms with Gasteiger partial charge in [-0.05, 0) is 37.3 Å². The molecule has 0 aromatic carbocycles. The second-order valence-electron chi connectivity index (χ2n) is 4.28. The van der Waals surface area contributed by atoms with Crippen molar-refractivity contribution in [2.24, 2.45) is 11.7 Å². The standard InChI is InChI=1S/C11H24N2OS/c1-14-9-10-3-5-13(8-10)11(7-12)4-6-15-2/h10-11H,3-9,12H2,1-2H3. The van der Waals surface area contributed by atoms with Gasteiger partial charge in [0.25, 0.3) is 0 Å². The van der Waals surface area contributed by atoms with E-state index < -0.39 is 0 Å². The largest absolute Gasteiger partial charge is 0.384 e. The average molecular weight is 232 g/mol. The summed E-state index contributed by atoms with van der Waals surface area (Å²) >= 11 is 1.91. The summed E-state index contributed by atoms with van der Waals surface area (Å²) in [5.41, 5.74) is 5.83. The quantitative estimate of drug-likeness (QED) is 0.712. The van der Waals surface area contributed by atoms with E-state index >= 15 is 0 Å². The fourth-order valence-corrected chi connectivity index (χ4v) is 2.78. The highest BCUT2D eigenvalue weighted by atomic mass is 32.2. The highest BCUT2D eigenvalue weighted by Crippen LogP contribution is 2.20. The van der Waals surface area contributed by atoms with Gasteiger partial charge in [0.1, 0.15) is 0 Å². The van der Waals surface area contributed by atoms with Crippen LogP contribution in [0.15, 0.2) is 0 Å². The molecule has 0 aromatic rings. The van der Waals surface area contributed by atoms with E-state index in [0.717, 1.165) is 19.1 Å². The van der Waals surface area contributed by atoms with E-state index in [4.69, 9.17) is 10.5 Å². The normalized spacial score (nSPS) is 24.6. The van der Waals surface area contributed by atoms with Gasteiger partial charge in [0, 0.05) is 26.2 Å². The van der Waals surface area contributed by atoms with E-state index in [0.29, 0.717) is 6.04 Å². The lowest BCUT2D eigenvalue weighted by atomic mass is 10.1. The van der Waals surface area contributed by atoms with Crippen LogP contribution in [-0.4, -0.2) is 56.3 Å². The number of methoxy groups -OCH3 is 1. The van der Waals surface area contributed by atoms with E-state index in [-0.39, 0.29) is 0 Å². The minimum atomic E-state index is 0.583. The molecule has 1 rings (SSSR count). The van der Waals surface area contributed by atoms with Gasteiger partial charge in [-0.15, -0.1) is 0 Å². The summed E-state index contributed by atoms with van der Waals surface area (Å²) in [4.78, 5) is 2.54. The molecule has 1 aliphatic rings. The summed E-state index contributed by atoms with van der Waals surface area (Å²) in [6.07, 6.45) is 4.65. The molecule has 0 aliphatic carbocycles. The molecule has 2 N–H and O–H groups in total. The number of nitrogens with zero attached hydrogens (tertiary/aromatic N) is 1. The van der Waals surface area contributed by atoms with Crippen LogP contribution in [0.5, 0.6) is 0 Å². The van der Waals surface area contributed by atoms with Crippen molar-refractivity contribution in [2.45, 2.75) is 18.9 Å². The molecule has 3 nitrogen and oxygen atoms in total. The third-order valence-electron chi connectivity index (χ3n) is 3.16. The van der Waals surface area contributed by atoms with Gasteiger partial charge >= 0.3 is 0 Å². The van der Waals surface area contributed by atoms with Gasteiger partial charge in [-0.25, -0.2) is 0 Å². The fraction of sp³-hybridized carbons (Fsp3) is 1.00. The van der Waals surface area contributed by atoms with Crippen molar-refractivity contribution in [3.8, 4) is 0 Å². The van der Waals surface area contributed by atoms with Crippen LogP contribution < -0.4 is 5.73 Å². The predicted octanol–water partition coefficient (Wildman–Crippen LogP) is 1.04. The zero-order valence-electron chi connectivity index (χ0n) is 9.95. The lowest BCUT2D eigenvalue weighted by molar-refractivity contribution is 0.147. The molecule has 1 fully saturated rings. The molecule has 0 aromatic heterocycles. The SMILES string of the molecule is COCC1CCN(C(CN)CCSC)C1. The summed E-state index contributed by atoms with van der Waals surface area (Å²) in [5.74, 6) is 1.94. The maximum Gasteiger partial charge on any atom is 0.0503 e. The number of hydrogen-bond acceptors (Lipinski definition) is 4. The summed E-state index contributed by atoms with van der Waals surface area (Å²) in [5, 5.41) is 0. The number of nitrogens with two attached hydrogens (primary N) is 1. The Morgan fingerprint density at radius 1 is 1.60 bits per heavy atom.